The normalized spacial score (nSPS) is 12.2. The lowest BCUT2D eigenvalue weighted by molar-refractivity contribution is 0.0951. The number of nitrogens with one attached hydrogen (secondary N) is 1. The van der Waals surface area contributed by atoms with E-state index in [1.807, 2.05) is 13.8 Å². The molecule has 3 N–H and O–H groups in total. The number of hydrogen-bond donors (Lipinski definition) is 2. The van der Waals surface area contributed by atoms with Crippen LogP contribution in [0.15, 0.2) is 6.07 Å². The van der Waals surface area contributed by atoms with Gasteiger partial charge in [-0.15, -0.1) is 0 Å². The van der Waals surface area contributed by atoms with Crippen LogP contribution in [0.25, 0.3) is 0 Å². The van der Waals surface area contributed by atoms with Crippen LogP contribution >= 0.6 is 0 Å². The zero-order chi connectivity index (χ0) is 14.3. The van der Waals surface area contributed by atoms with Crippen molar-refractivity contribution in [3.05, 3.63) is 23.0 Å². The van der Waals surface area contributed by atoms with Gasteiger partial charge in [0, 0.05) is 6.54 Å². The van der Waals surface area contributed by atoms with Crippen LogP contribution in [0.3, 0.4) is 0 Å². The summed E-state index contributed by atoms with van der Waals surface area (Å²) in [5.74, 6) is 0.447. The van der Waals surface area contributed by atoms with Crippen LogP contribution in [0.5, 0.6) is 0 Å². The van der Waals surface area contributed by atoms with E-state index in [-0.39, 0.29) is 5.91 Å². The third kappa shape index (κ3) is 4.95. The smallest absolute Gasteiger partial charge is 0.253 e. The lowest BCUT2D eigenvalue weighted by atomic mass is 10.1. The molecule has 0 radical (unpaired) electrons. The second-order valence-electron chi connectivity index (χ2n) is 4.94. The molecule has 1 aromatic heterocycles. The zero-order valence-corrected chi connectivity index (χ0v) is 12.1. The highest BCUT2D eigenvalue weighted by atomic mass is 16.1. The van der Waals surface area contributed by atoms with Crippen molar-refractivity contribution in [2.75, 3.05) is 13.1 Å². The first-order valence-electron chi connectivity index (χ1n) is 6.89. The lowest BCUT2D eigenvalue weighted by Gasteiger charge is -2.10. The molecule has 1 aromatic rings. The lowest BCUT2D eigenvalue weighted by Crippen LogP contribution is -2.27. The molecule has 1 heterocycles. The van der Waals surface area contributed by atoms with Gasteiger partial charge in [0.1, 0.15) is 0 Å². The summed E-state index contributed by atoms with van der Waals surface area (Å²) in [6.45, 7) is 7.30. The van der Waals surface area contributed by atoms with E-state index in [1.165, 1.54) is 0 Å². The Morgan fingerprint density at radius 2 is 2.21 bits per heavy atom. The first-order chi connectivity index (χ1) is 9.08. The summed E-state index contributed by atoms with van der Waals surface area (Å²) in [5.41, 5.74) is 7.71. The predicted octanol–water partition coefficient (Wildman–Crippen LogP) is 1.45. The SMILES string of the molecule is CCc1nnc(C)cc1C(=O)NCCCC(C)CN. The maximum Gasteiger partial charge on any atom is 0.253 e. The van der Waals surface area contributed by atoms with Crippen molar-refractivity contribution >= 4 is 5.91 Å². The predicted molar refractivity (Wildman–Crippen MR) is 75.9 cm³/mol. The molecule has 0 bridgehead atoms. The maximum atomic E-state index is 12.1. The van der Waals surface area contributed by atoms with Crippen LogP contribution in [-0.4, -0.2) is 29.2 Å². The van der Waals surface area contributed by atoms with Gasteiger partial charge < -0.3 is 11.1 Å². The van der Waals surface area contributed by atoms with Crippen LogP contribution in [0.2, 0.25) is 0 Å². The van der Waals surface area contributed by atoms with E-state index >= 15 is 0 Å². The minimum Gasteiger partial charge on any atom is -0.352 e. The monoisotopic (exact) mass is 264 g/mol. The fourth-order valence-corrected chi connectivity index (χ4v) is 1.84. The summed E-state index contributed by atoms with van der Waals surface area (Å²) in [7, 11) is 0. The number of amides is 1. The quantitative estimate of drug-likeness (QED) is 0.730. The number of rotatable bonds is 7. The number of aromatic nitrogens is 2. The highest BCUT2D eigenvalue weighted by Gasteiger charge is 2.12. The topological polar surface area (TPSA) is 80.9 Å². The minimum absolute atomic E-state index is 0.0600. The third-order valence-electron chi connectivity index (χ3n) is 3.13. The fraction of sp³-hybridized carbons (Fsp3) is 0.643. The number of aryl methyl sites for hydroxylation is 2. The second-order valence-corrected chi connectivity index (χ2v) is 4.94. The average Bonchev–Trinajstić information content (AvgIpc) is 2.42. The van der Waals surface area contributed by atoms with Gasteiger partial charge in [-0.1, -0.05) is 13.8 Å². The molecule has 1 atom stereocenters. The zero-order valence-electron chi connectivity index (χ0n) is 12.1. The van der Waals surface area contributed by atoms with Crippen LogP contribution in [-0.2, 0) is 6.42 Å². The first-order valence-corrected chi connectivity index (χ1v) is 6.89. The van der Waals surface area contributed by atoms with Crippen molar-refractivity contribution in [2.45, 2.75) is 40.0 Å². The van der Waals surface area contributed by atoms with Gasteiger partial charge in [-0.2, -0.15) is 10.2 Å². The number of nitrogens with zero attached hydrogens (tertiary/aromatic N) is 2. The summed E-state index contributed by atoms with van der Waals surface area (Å²) in [6.07, 6.45) is 2.69. The van der Waals surface area contributed by atoms with Gasteiger partial charge in [0.2, 0.25) is 0 Å². The summed E-state index contributed by atoms with van der Waals surface area (Å²) in [4.78, 5) is 12.1. The van der Waals surface area contributed by atoms with Crippen molar-refractivity contribution < 1.29 is 4.79 Å². The molecule has 0 aliphatic heterocycles. The average molecular weight is 264 g/mol. The Balaban J connectivity index is 2.51. The van der Waals surface area contributed by atoms with Gasteiger partial charge in [0.25, 0.3) is 5.91 Å². The molecular formula is C14H24N4O. The highest BCUT2D eigenvalue weighted by Crippen LogP contribution is 2.08. The largest absolute Gasteiger partial charge is 0.352 e. The third-order valence-corrected chi connectivity index (χ3v) is 3.13. The number of carbonyl (C=O) groups is 1. The second kappa shape index (κ2) is 7.84. The van der Waals surface area contributed by atoms with E-state index < -0.39 is 0 Å². The Kier molecular flexibility index (Phi) is 6.42. The van der Waals surface area contributed by atoms with Crippen molar-refractivity contribution in [1.82, 2.24) is 15.5 Å². The van der Waals surface area contributed by atoms with Gasteiger partial charge in [-0.05, 0) is 44.7 Å². The molecule has 1 rings (SSSR count). The van der Waals surface area contributed by atoms with Crippen molar-refractivity contribution in [1.29, 1.82) is 0 Å². The Hall–Kier alpha value is -1.49. The highest BCUT2D eigenvalue weighted by molar-refractivity contribution is 5.95. The van der Waals surface area contributed by atoms with E-state index in [0.29, 0.717) is 31.0 Å². The van der Waals surface area contributed by atoms with Gasteiger partial charge in [0.05, 0.1) is 17.0 Å². The first kappa shape index (κ1) is 15.6. The molecule has 0 fully saturated rings. The number of nitrogens with two attached hydrogens (primary N) is 1. The Labute approximate surface area is 115 Å². The van der Waals surface area contributed by atoms with Crippen LogP contribution in [0.4, 0.5) is 0 Å². The molecule has 106 valence electrons. The summed E-state index contributed by atoms with van der Waals surface area (Å²) in [5, 5.41) is 11.0. The van der Waals surface area contributed by atoms with Crippen molar-refractivity contribution in [2.24, 2.45) is 11.7 Å². The van der Waals surface area contributed by atoms with Crippen LogP contribution < -0.4 is 11.1 Å². The van der Waals surface area contributed by atoms with E-state index in [2.05, 4.69) is 22.4 Å². The molecule has 0 saturated carbocycles. The molecule has 0 aromatic carbocycles. The van der Waals surface area contributed by atoms with Crippen LogP contribution in [0.1, 0.15) is 48.4 Å². The van der Waals surface area contributed by atoms with Crippen LogP contribution in [0, 0.1) is 12.8 Å². The summed E-state index contributed by atoms with van der Waals surface area (Å²) in [6, 6.07) is 1.80. The molecule has 1 unspecified atom stereocenters. The Morgan fingerprint density at radius 1 is 1.47 bits per heavy atom. The summed E-state index contributed by atoms with van der Waals surface area (Å²) < 4.78 is 0. The Bertz CT molecular complexity index is 420. The van der Waals surface area contributed by atoms with Gasteiger partial charge in [0.15, 0.2) is 0 Å². The number of carbonyl (C=O) groups excluding carboxylic acids is 1. The number of hydrogen-bond acceptors (Lipinski definition) is 4. The van der Waals surface area contributed by atoms with E-state index in [1.54, 1.807) is 6.07 Å². The van der Waals surface area contributed by atoms with E-state index in [9.17, 15) is 4.79 Å². The Morgan fingerprint density at radius 3 is 2.84 bits per heavy atom. The standard InChI is InChI=1S/C14H24N4O/c1-4-13-12(8-11(3)17-18-13)14(19)16-7-5-6-10(2)9-15/h8,10H,4-7,9,15H2,1-3H3,(H,16,19). The van der Waals surface area contributed by atoms with Gasteiger partial charge in [-0.3, -0.25) is 4.79 Å². The molecule has 1 amide bonds. The van der Waals surface area contributed by atoms with E-state index in [4.69, 9.17) is 5.73 Å². The molecule has 5 nitrogen and oxygen atoms in total. The molecule has 0 aliphatic carbocycles. The minimum atomic E-state index is -0.0600. The van der Waals surface area contributed by atoms with Crippen molar-refractivity contribution in [3.63, 3.8) is 0 Å². The fourth-order valence-electron chi connectivity index (χ4n) is 1.84. The van der Waals surface area contributed by atoms with Gasteiger partial charge in [-0.25, -0.2) is 0 Å². The molecular weight excluding hydrogens is 240 g/mol. The molecule has 19 heavy (non-hydrogen) atoms. The van der Waals surface area contributed by atoms with E-state index in [0.717, 1.165) is 24.2 Å². The maximum absolute atomic E-state index is 12.1. The molecule has 0 saturated heterocycles. The van der Waals surface area contributed by atoms with Crippen molar-refractivity contribution in [3.8, 4) is 0 Å². The van der Waals surface area contributed by atoms with Gasteiger partial charge >= 0.3 is 0 Å². The molecule has 0 spiro atoms. The molecule has 0 aliphatic rings. The summed E-state index contributed by atoms with van der Waals surface area (Å²) >= 11 is 0. The molecule has 5 heteroatoms.